The number of carboxylic acids is 1. The number of fused-ring (bicyclic) bond motifs is 1. The highest BCUT2D eigenvalue weighted by molar-refractivity contribution is 6.00. The smallest absolute Gasteiger partial charge is 0.326 e. The number of aliphatic carboxylic acids is 1. The molecular formula is C14H14N2O5. The molecule has 1 atom stereocenters. The van der Waals surface area contributed by atoms with Crippen LogP contribution >= 0.6 is 0 Å². The molecule has 1 heterocycles. The fraction of sp³-hybridized carbons (Fsp3) is 0.214. The number of amides is 2. The Morgan fingerprint density at radius 3 is 2.57 bits per heavy atom. The van der Waals surface area contributed by atoms with Crippen LogP contribution in [-0.4, -0.2) is 28.9 Å². The zero-order chi connectivity index (χ0) is 15.6. The molecule has 0 aliphatic heterocycles. The van der Waals surface area contributed by atoms with Crippen LogP contribution in [0.25, 0.3) is 11.0 Å². The zero-order valence-electron chi connectivity index (χ0n) is 11.3. The van der Waals surface area contributed by atoms with E-state index in [1.807, 2.05) is 0 Å². The van der Waals surface area contributed by atoms with Gasteiger partial charge in [-0.1, -0.05) is 18.2 Å². The molecule has 0 unspecified atom stereocenters. The summed E-state index contributed by atoms with van der Waals surface area (Å²) in [4.78, 5) is 33.9. The molecule has 7 nitrogen and oxygen atoms in total. The Morgan fingerprint density at radius 2 is 2.00 bits per heavy atom. The summed E-state index contributed by atoms with van der Waals surface area (Å²) in [5.74, 6) is -2.83. The molecule has 7 heteroatoms. The minimum Gasteiger partial charge on any atom is -0.480 e. The molecule has 4 N–H and O–H groups in total. The van der Waals surface area contributed by atoms with Gasteiger partial charge in [-0.2, -0.15) is 0 Å². The second-order valence-corrected chi connectivity index (χ2v) is 4.59. The van der Waals surface area contributed by atoms with Gasteiger partial charge in [0.05, 0.1) is 6.42 Å². The SMILES string of the molecule is Cc1c(C(=O)N[C@H](CC(N)=O)C(=O)O)oc2ccccc12. The van der Waals surface area contributed by atoms with Gasteiger partial charge in [0.15, 0.2) is 5.76 Å². The Bertz CT molecular complexity index is 719. The molecule has 0 saturated carbocycles. The van der Waals surface area contributed by atoms with Crippen LogP contribution in [-0.2, 0) is 9.59 Å². The van der Waals surface area contributed by atoms with E-state index in [1.165, 1.54) is 0 Å². The number of hydrogen-bond acceptors (Lipinski definition) is 4. The number of benzene rings is 1. The van der Waals surface area contributed by atoms with Crippen molar-refractivity contribution >= 4 is 28.8 Å². The number of nitrogens with two attached hydrogens (primary N) is 1. The summed E-state index contributed by atoms with van der Waals surface area (Å²) in [5.41, 5.74) is 6.09. The number of carboxylic acid groups (broad SMARTS) is 1. The van der Waals surface area contributed by atoms with E-state index in [2.05, 4.69) is 5.32 Å². The summed E-state index contributed by atoms with van der Waals surface area (Å²) >= 11 is 0. The Kier molecular flexibility index (Phi) is 3.93. The molecule has 0 radical (unpaired) electrons. The lowest BCUT2D eigenvalue weighted by atomic mass is 10.1. The summed E-state index contributed by atoms with van der Waals surface area (Å²) in [5, 5.41) is 12.0. The Labute approximate surface area is 119 Å². The normalized spacial score (nSPS) is 12.0. The van der Waals surface area contributed by atoms with Crippen molar-refractivity contribution in [3.05, 3.63) is 35.6 Å². The minimum absolute atomic E-state index is 0.0203. The highest BCUT2D eigenvalue weighted by Gasteiger charge is 2.25. The van der Waals surface area contributed by atoms with Crippen LogP contribution in [0.15, 0.2) is 28.7 Å². The highest BCUT2D eigenvalue weighted by Crippen LogP contribution is 2.24. The average molecular weight is 290 g/mol. The molecule has 0 spiro atoms. The molecule has 0 aliphatic rings. The van der Waals surface area contributed by atoms with Crippen molar-refractivity contribution in [2.24, 2.45) is 5.73 Å². The summed E-state index contributed by atoms with van der Waals surface area (Å²) < 4.78 is 5.43. The fourth-order valence-electron chi connectivity index (χ4n) is 2.02. The summed E-state index contributed by atoms with van der Waals surface area (Å²) in [6.07, 6.45) is -0.486. The third-order valence-electron chi connectivity index (χ3n) is 3.06. The van der Waals surface area contributed by atoms with Crippen LogP contribution in [0.1, 0.15) is 22.5 Å². The first kappa shape index (κ1) is 14.6. The standard InChI is InChI=1S/C14H14N2O5/c1-7-8-4-2-3-5-10(8)21-12(7)13(18)16-9(14(19)20)6-11(15)17/h2-5,9H,6H2,1H3,(H2,15,17)(H,16,18)(H,19,20)/t9-/m1/s1. The van der Waals surface area contributed by atoms with E-state index in [0.717, 1.165) is 5.39 Å². The van der Waals surface area contributed by atoms with Gasteiger partial charge in [-0.3, -0.25) is 9.59 Å². The van der Waals surface area contributed by atoms with Crippen LogP contribution < -0.4 is 11.1 Å². The van der Waals surface area contributed by atoms with Gasteiger partial charge in [0.25, 0.3) is 5.91 Å². The molecule has 0 fully saturated rings. The number of rotatable bonds is 5. The van der Waals surface area contributed by atoms with Crippen LogP contribution in [0.2, 0.25) is 0 Å². The van der Waals surface area contributed by atoms with Gasteiger partial charge < -0.3 is 20.6 Å². The highest BCUT2D eigenvalue weighted by atomic mass is 16.4. The minimum atomic E-state index is -1.39. The maximum Gasteiger partial charge on any atom is 0.326 e. The van der Waals surface area contributed by atoms with E-state index in [4.69, 9.17) is 15.3 Å². The first-order valence-electron chi connectivity index (χ1n) is 6.20. The lowest BCUT2D eigenvalue weighted by molar-refractivity contribution is -0.140. The van der Waals surface area contributed by atoms with Crippen molar-refractivity contribution in [1.82, 2.24) is 5.32 Å². The van der Waals surface area contributed by atoms with Gasteiger partial charge >= 0.3 is 5.97 Å². The van der Waals surface area contributed by atoms with Gasteiger partial charge in [-0.25, -0.2) is 4.79 Å². The van der Waals surface area contributed by atoms with Gasteiger partial charge in [-0.05, 0) is 13.0 Å². The molecule has 2 rings (SSSR count). The first-order chi connectivity index (χ1) is 9.90. The monoisotopic (exact) mass is 290 g/mol. The number of carbonyl (C=O) groups is 3. The number of hydrogen-bond donors (Lipinski definition) is 3. The maximum absolute atomic E-state index is 12.1. The molecule has 21 heavy (non-hydrogen) atoms. The molecule has 110 valence electrons. The van der Waals surface area contributed by atoms with Crippen LogP contribution in [0.4, 0.5) is 0 Å². The molecule has 0 saturated heterocycles. The summed E-state index contributed by atoms with van der Waals surface area (Å²) in [6, 6.07) is 5.68. The Morgan fingerprint density at radius 1 is 1.33 bits per heavy atom. The van der Waals surface area contributed by atoms with Crippen molar-refractivity contribution < 1.29 is 23.9 Å². The van der Waals surface area contributed by atoms with Crippen molar-refractivity contribution in [2.45, 2.75) is 19.4 Å². The molecule has 1 aromatic heterocycles. The van der Waals surface area contributed by atoms with Gasteiger partial charge in [0.1, 0.15) is 11.6 Å². The third kappa shape index (κ3) is 3.02. The number of furan rings is 1. The van der Waals surface area contributed by atoms with Crippen LogP contribution in [0.5, 0.6) is 0 Å². The van der Waals surface area contributed by atoms with Crippen LogP contribution in [0.3, 0.4) is 0 Å². The van der Waals surface area contributed by atoms with Crippen molar-refractivity contribution in [1.29, 1.82) is 0 Å². The van der Waals surface area contributed by atoms with E-state index in [-0.39, 0.29) is 5.76 Å². The van der Waals surface area contributed by atoms with E-state index in [0.29, 0.717) is 11.1 Å². The molecule has 0 aliphatic carbocycles. The molecular weight excluding hydrogens is 276 g/mol. The quantitative estimate of drug-likeness (QED) is 0.751. The number of carbonyl (C=O) groups excluding carboxylic acids is 2. The topological polar surface area (TPSA) is 123 Å². The fourth-order valence-corrected chi connectivity index (χ4v) is 2.02. The molecule has 2 amide bonds. The lowest BCUT2D eigenvalue weighted by Gasteiger charge is -2.11. The lowest BCUT2D eigenvalue weighted by Crippen LogP contribution is -2.43. The molecule has 0 bridgehead atoms. The van der Waals surface area contributed by atoms with E-state index in [1.54, 1.807) is 31.2 Å². The van der Waals surface area contributed by atoms with E-state index < -0.39 is 30.2 Å². The summed E-state index contributed by atoms with van der Waals surface area (Å²) in [7, 11) is 0. The van der Waals surface area contributed by atoms with Gasteiger partial charge in [-0.15, -0.1) is 0 Å². The Balaban J connectivity index is 2.27. The van der Waals surface area contributed by atoms with E-state index >= 15 is 0 Å². The largest absolute Gasteiger partial charge is 0.480 e. The second-order valence-electron chi connectivity index (χ2n) is 4.59. The van der Waals surface area contributed by atoms with Crippen molar-refractivity contribution in [3.63, 3.8) is 0 Å². The van der Waals surface area contributed by atoms with Gasteiger partial charge in [0, 0.05) is 10.9 Å². The number of aryl methyl sites for hydroxylation is 1. The molecule has 2 aromatic rings. The number of primary amides is 1. The third-order valence-corrected chi connectivity index (χ3v) is 3.06. The van der Waals surface area contributed by atoms with Crippen molar-refractivity contribution in [2.75, 3.05) is 0 Å². The maximum atomic E-state index is 12.1. The zero-order valence-corrected chi connectivity index (χ0v) is 11.3. The number of para-hydroxylation sites is 1. The van der Waals surface area contributed by atoms with Crippen LogP contribution in [0, 0.1) is 6.92 Å². The predicted octanol–water partition coefficient (Wildman–Crippen LogP) is 0.800. The van der Waals surface area contributed by atoms with Gasteiger partial charge in [0.2, 0.25) is 5.91 Å². The predicted molar refractivity (Wildman–Crippen MR) is 73.7 cm³/mol. The average Bonchev–Trinajstić information content (AvgIpc) is 2.75. The second kappa shape index (κ2) is 5.66. The molecule has 1 aromatic carbocycles. The van der Waals surface area contributed by atoms with Crippen molar-refractivity contribution in [3.8, 4) is 0 Å². The van der Waals surface area contributed by atoms with E-state index in [9.17, 15) is 14.4 Å². The first-order valence-corrected chi connectivity index (χ1v) is 6.20. The Hall–Kier alpha value is -2.83. The summed E-state index contributed by atoms with van der Waals surface area (Å²) in [6.45, 7) is 1.70. The number of nitrogens with one attached hydrogen (secondary N) is 1.